The summed E-state index contributed by atoms with van der Waals surface area (Å²) in [5.41, 5.74) is 6.45. The van der Waals surface area contributed by atoms with Crippen LogP contribution in [0.1, 0.15) is 47.9 Å². The number of Topliss-reactive ketones (excluding diaryl/α,β-unsaturated/α-hetero) is 1. The van der Waals surface area contributed by atoms with Crippen molar-refractivity contribution in [2.45, 2.75) is 31.2 Å². The molecule has 4 aromatic carbocycles. The third kappa shape index (κ3) is 4.43. The molecule has 208 valence electrons. The lowest BCUT2D eigenvalue weighted by atomic mass is 9.76. The van der Waals surface area contributed by atoms with Crippen molar-refractivity contribution < 1.29 is 9.53 Å². The highest BCUT2D eigenvalue weighted by molar-refractivity contribution is 6.06. The molecule has 7 rings (SSSR count). The van der Waals surface area contributed by atoms with Crippen LogP contribution in [0.3, 0.4) is 0 Å². The van der Waals surface area contributed by atoms with Crippen molar-refractivity contribution in [1.29, 1.82) is 0 Å². The summed E-state index contributed by atoms with van der Waals surface area (Å²) < 4.78 is 7.82. The minimum Gasteiger partial charge on any atom is -0.381 e. The summed E-state index contributed by atoms with van der Waals surface area (Å²) in [6.07, 6.45) is 9.61. The number of benzene rings is 4. The van der Waals surface area contributed by atoms with Crippen LogP contribution < -0.4 is 0 Å². The minimum absolute atomic E-state index is 0.235. The molecule has 1 spiro atoms. The Morgan fingerprint density at radius 1 is 0.714 bits per heavy atom. The molecule has 2 heterocycles. The summed E-state index contributed by atoms with van der Waals surface area (Å²) in [6.45, 7) is 1.36. The van der Waals surface area contributed by atoms with Crippen LogP contribution in [-0.2, 0) is 15.1 Å². The van der Waals surface area contributed by atoms with Crippen molar-refractivity contribution in [3.05, 3.63) is 156 Å². The topological polar surface area (TPSA) is 44.1 Å². The third-order valence-electron chi connectivity index (χ3n) is 9.21. The van der Waals surface area contributed by atoms with Crippen LogP contribution in [0.15, 0.2) is 133 Å². The summed E-state index contributed by atoms with van der Waals surface area (Å²) in [5.74, 6) is 0.308. The highest BCUT2D eigenvalue weighted by Gasteiger charge is 2.45. The van der Waals surface area contributed by atoms with Gasteiger partial charge in [0.15, 0.2) is 5.78 Å². The molecule has 0 amide bonds. The van der Waals surface area contributed by atoms with Gasteiger partial charge in [0, 0.05) is 30.4 Å². The number of ether oxygens (including phenoxy) is 1. The molecule has 5 aromatic rings. The number of hydrogen-bond donors (Lipinski definition) is 0. The fourth-order valence-electron chi connectivity index (χ4n) is 6.99. The smallest absolute Gasteiger partial charge is 0.165 e. The van der Waals surface area contributed by atoms with E-state index in [4.69, 9.17) is 9.72 Å². The Bertz CT molecular complexity index is 1620. The Labute approximate surface area is 247 Å². The summed E-state index contributed by atoms with van der Waals surface area (Å²) >= 11 is 0. The molecule has 0 atom stereocenters. The summed E-state index contributed by atoms with van der Waals surface area (Å²) in [5, 5.41) is 0. The predicted molar refractivity (Wildman–Crippen MR) is 167 cm³/mol. The molecule has 1 aliphatic heterocycles. The largest absolute Gasteiger partial charge is 0.381 e. The maximum atomic E-state index is 13.6. The van der Waals surface area contributed by atoms with Gasteiger partial charge in [0.05, 0.1) is 12.0 Å². The van der Waals surface area contributed by atoms with Gasteiger partial charge in [-0.3, -0.25) is 4.79 Å². The lowest BCUT2D eigenvalue weighted by molar-refractivity contribution is -0.127. The zero-order valence-electron chi connectivity index (χ0n) is 23.7. The molecular weight excluding hydrogens is 516 g/mol. The maximum Gasteiger partial charge on any atom is 0.165 e. The first-order valence-electron chi connectivity index (χ1n) is 14.8. The molecule has 42 heavy (non-hydrogen) atoms. The lowest BCUT2D eigenvalue weighted by Crippen LogP contribution is -2.36. The van der Waals surface area contributed by atoms with Gasteiger partial charge < -0.3 is 9.30 Å². The van der Waals surface area contributed by atoms with Gasteiger partial charge >= 0.3 is 0 Å². The molecule has 2 aliphatic rings. The van der Waals surface area contributed by atoms with Gasteiger partial charge in [-0.15, -0.1) is 0 Å². The van der Waals surface area contributed by atoms with Crippen molar-refractivity contribution in [3.63, 3.8) is 0 Å². The van der Waals surface area contributed by atoms with E-state index < -0.39 is 5.54 Å². The van der Waals surface area contributed by atoms with Crippen molar-refractivity contribution in [2.75, 3.05) is 13.2 Å². The van der Waals surface area contributed by atoms with Gasteiger partial charge in [0.1, 0.15) is 5.54 Å². The van der Waals surface area contributed by atoms with Gasteiger partial charge in [0.25, 0.3) is 0 Å². The Balaban J connectivity index is 1.36. The quantitative estimate of drug-likeness (QED) is 0.159. The van der Waals surface area contributed by atoms with E-state index in [0.29, 0.717) is 19.0 Å². The van der Waals surface area contributed by atoms with Gasteiger partial charge in [-0.2, -0.15) is 0 Å². The van der Waals surface area contributed by atoms with Gasteiger partial charge in [-0.25, -0.2) is 4.98 Å². The molecular formula is C38H34N2O2. The van der Waals surface area contributed by atoms with Crippen molar-refractivity contribution in [1.82, 2.24) is 9.55 Å². The van der Waals surface area contributed by atoms with Crippen LogP contribution in [0.25, 0.3) is 17.3 Å². The molecule has 4 nitrogen and oxygen atoms in total. The SMILES string of the molecule is O=C1/C(=C/c2ccccc2-c2cn(C(c3ccccc3)(c3ccccc3)c3ccccc3)cn2)CCC12CCOCC2. The third-order valence-corrected chi connectivity index (χ3v) is 9.21. The molecule has 1 aromatic heterocycles. The molecule has 1 saturated carbocycles. The van der Waals surface area contributed by atoms with Crippen LogP contribution in [0.4, 0.5) is 0 Å². The second kappa shape index (κ2) is 11.0. The summed E-state index contributed by atoms with van der Waals surface area (Å²) in [6, 6.07) is 40.2. The number of aromatic nitrogens is 2. The Hall–Kier alpha value is -4.54. The van der Waals surface area contributed by atoms with E-state index >= 15 is 0 Å². The van der Waals surface area contributed by atoms with Crippen molar-refractivity contribution in [3.8, 4) is 11.3 Å². The molecule has 0 N–H and O–H groups in total. The number of hydrogen-bond acceptors (Lipinski definition) is 3. The van der Waals surface area contributed by atoms with Crippen LogP contribution in [0, 0.1) is 5.41 Å². The van der Waals surface area contributed by atoms with E-state index in [0.717, 1.165) is 64.8 Å². The van der Waals surface area contributed by atoms with Gasteiger partial charge in [-0.05, 0) is 59.6 Å². The number of carbonyl (C=O) groups excluding carboxylic acids is 1. The number of nitrogens with zero attached hydrogens (tertiary/aromatic N) is 2. The average Bonchev–Trinajstić information content (AvgIpc) is 3.66. The number of allylic oxidation sites excluding steroid dienone is 1. The van der Waals surface area contributed by atoms with E-state index in [-0.39, 0.29) is 5.41 Å². The Kier molecular flexibility index (Phi) is 6.93. The summed E-state index contributed by atoms with van der Waals surface area (Å²) in [4.78, 5) is 18.6. The predicted octanol–water partition coefficient (Wildman–Crippen LogP) is 7.93. The van der Waals surface area contributed by atoms with E-state index in [9.17, 15) is 4.79 Å². The zero-order chi connectivity index (χ0) is 28.4. The zero-order valence-corrected chi connectivity index (χ0v) is 23.7. The molecule has 4 heteroatoms. The number of ketones is 1. The highest BCUT2D eigenvalue weighted by Crippen LogP contribution is 2.46. The molecule has 1 saturated heterocycles. The standard InChI is InChI=1S/C38H34N2O2/c41-36-30(20-21-37(36)22-24-42-25-23-37)26-29-12-10-11-19-34(29)35-27-40(28-39-35)38(31-13-4-1-5-14-31,32-15-6-2-7-16-32)33-17-8-3-9-18-33/h1-19,26-28H,20-25H2/b30-26+. The fourth-order valence-corrected chi connectivity index (χ4v) is 6.99. The van der Waals surface area contributed by atoms with E-state index in [1.165, 1.54) is 0 Å². The second-order valence-corrected chi connectivity index (χ2v) is 11.5. The molecule has 0 radical (unpaired) electrons. The maximum absolute atomic E-state index is 13.6. The van der Waals surface area contributed by atoms with Crippen LogP contribution in [0.2, 0.25) is 0 Å². The van der Waals surface area contributed by atoms with Crippen molar-refractivity contribution in [2.24, 2.45) is 5.41 Å². The van der Waals surface area contributed by atoms with E-state index in [1.54, 1.807) is 0 Å². The van der Waals surface area contributed by atoms with Gasteiger partial charge in [-0.1, -0.05) is 115 Å². The first-order chi connectivity index (χ1) is 20.7. The fraction of sp³-hybridized carbons (Fsp3) is 0.211. The Morgan fingerprint density at radius 3 is 1.86 bits per heavy atom. The number of carbonyl (C=O) groups is 1. The average molecular weight is 551 g/mol. The molecule has 1 aliphatic carbocycles. The molecule has 0 bridgehead atoms. The normalized spacial score (nSPS) is 17.6. The van der Waals surface area contributed by atoms with Gasteiger partial charge in [0.2, 0.25) is 0 Å². The lowest BCUT2D eigenvalue weighted by Gasteiger charge is -2.37. The molecule has 0 unspecified atom stereocenters. The van der Waals surface area contributed by atoms with E-state index in [2.05, 4.69) is 120 Å². The van der Waals surface area contributed by atoms with E-state index in [1.807, 2.05) is 18.5 Å². The van der Waals surface area contributed by atoms with Crippen LogP contribution in [-0.4, -0.2) is 28.5 Å². The minimum atomic E-state index is -0.626. The highest BCUT2D eigenvalue weighted by atomic mass is 16.5. The van der Waals surface area contributed by atoms with Crippen molar-refractivity contribution >= 4 is 11.9 Å². The number of imidazole rings is 1. The van der Waals surface area contributed by atoms with Crippen LogP contribution >= 0.6 is 0 Å². The Morgan fingerprint density at radius 2 is 1.26 bits per heavy atom. The first-order valence-corrected chi connectivity index (χ1v) is 14.8. The number of rotatable bonds is 6. The van der Waals surface area contributed by atoms with Crippen LogP contribution in [0.5, 0.6) is 0 Å². The first kappa shape index (κ1) is 26.4. The summed E-state index contributed by atoms with van der Waals surface area (Å²) in [7, 11) is 0. The second-order valence-electron chi connectivity index (χ2n) is 11.5. The molecule has 2 fully saturated rings. The monoisotopic (exact) mass is 550 g/mol.